The number of anilines is 1. The summed E-state index contributed by atoms with van der Waals surface area (Å²) in [6.07, 6.45) is -3.50. The monoisotopic (exact) mass is 315 g/mol. The molecule has 0 amide bonds. The van der Waals surface area contributed by atoms with E-state index in [9.17, 15) is 13.2 Å². The maximum Gasteiger partial charge on any atom is 0.418 e. The predicted molar refractivity (Wildman–Crippen MR) is 77.2 cm³/mol. The summed E-state index contributed by atoms with van der Waals surface area (Å²) in [5.41, 5.74) is -0.765. The van der Waals surface area contributed by atoms with E-state index >= 15 is 0 Å². The Hall–Kier alpha value is -1.50. The van der Waals surface area contributed by atoms with Gasteiger partial charge < -0.3 is 9.64 Å². The molecule has 1 saturated heterocycles. The first-order valence-electron chi connectivity index (χ1n) is 7.50. The van der Waals surface area contributed by atoms with Crippen molar-refractivity contribution in [1.82, 2.24) is 9.88 Å². The van der Waals surface area contributed by atoms with E-state index in [0.29, 0.717) is 24.5 Å². The van der Waals surface area contributed by atoms with Crippen LogP contribution in [0, 0.1) is 0 Å². The largest absolute Gasteiger partial charge is 0.487 e. The van der Waals surface area contributed by atoms with Crippen LogP contribution in [0.4, 0.5) is 19.0 Å². The average Bonchev–Trinajstić information content (AvgIpc) is 2.44. The molecule has 0 bridgehead atoms. The van der Waals surface area contributed by atoms with Gasteiger partial charge >= 0.3 is 6.18 Å². The van der Waals surface area contributed by atoms with Crippen molar-refractivity contribution < 1.29 is 17.9 Å². The molecule has 0 N–H and O–H groups in total. The van der Waals surface area contributed by atoms with Crippen LogP contribution >= 0.6 is 0 Å². The van der Waals surface area contributed by atoms with Crippen LogP contribution in [0.15, 0.2) is 12.3 Å². The number of hydrogen-bond acceptors (Lipinski definition) is 4. The molecular formula is C15H20F3N3O. The van der Waals surface area contributed by atoms with Gasteiger partial charge in [-0.3, -0.25) is 4.90 Å². The number of aromatic nitrogens is 1. The van der Waals surface area contributed by atoms with Gasteiger partial charge in [0.1, 0.15) is 6.61 Å². The highest BCUT2D eigenvalue weighted by Crippen LogP contribution is 2.39. The molecule has 2 atom stereocenters. The van der Waals surface area contributed by atoms with Crippen LogP contribution in [-0.4, -0.2) is 47.7 Å². The molecule has 1 fully saturated rings. The summed E-state index contributed by atoms with van der Waals surface area (Å²) in [7, 11) is 0. The molecule has 1 aromatic rings. The predicted octanol–water partition coefficient (Wildman–Crippen LogP) is 2.78. The number of ether oxygens (including phenoxy) is 1. The zero-order valence-electron chi connectivity index (χ0n) is 12.9. The molecule has 3 heterocycles. The van der Waals surface area contributed by atoms with E-state index in [1.54, 1.807) is 0 Å². The topological polar surface area (TPSA) is 28.6 Å². The average molecular weight is 315 g/mol. The molecule has 2 aliphatic rings. The Morgan fingerprint density at radius 3 is 2.68 bits per heavy atom. The molecular weight excluding hydrogens is 295 g/mol. The van der Waals surface area contributed by atoms with Gasteiger partial charge in [0.05, 0.1) is 11.6 Å². The number of nitrogens with zero attached hydrogens (tertiary/aromatic N) is 3. The summed E-state index contributed by atoms with van der Waals surface area (Å²) in [4.78, 5) is 8.51. The molecule has 0 radical (unpaired) electrons. The molecule has 2 aliphatic heterocycles. The summed E-state index contributed by atoms with van der Waals surface area (Å²) in [6.45, 7) is 8.41. The molecule has 3 rings (SSSR count). The van der Waals surface area contributed by atoms with E-state index in [1.807, 2.05) is 0 Å². The van der Waals surface area contributed by atoms with Gasteiger partial charge in [-0.2, -0.15) is 13.2 Å². The third kappa shape index (κ3) is 2.62. The van der Waals surface area contributed by atoms with E-state index in [4.69, 9.17) is 4.74 Å². The molecule has 0 aromatic carbocycles. The van der Waals surface area contributed by atoms with Gasteiger partial charge in [0.25, 0.3) is 0 Å². The van der Waals surface area contributed by atoms with Crippen molar-refractivity contribution in [3.63, 3.8) is 0 Å². The minimum atomic E-state index is -4.40. The molecule has 1 aromatic heterocycles. The van der Waals surface area contributed by atoms with Crippen LogP contribution < -0.4 is 9.64 Å². The minimum absolute atomic E-state index is 0.135. The van der Waals surface area contributed by atoms with E-state index in [1.165, 1.54) is 0 Å². The first kappa shape index (κ1) is 15.4. The Balaban J connectivity index is 1.88. The van der Waals surface area contributed by atoms with Gasteiger partial charge in [-0.15, -0.1) is 0 Å². The number of pyridine rings is 1. The molecule has 0 unspecified atom stereocenters. The SMILES string of the molecule is CC(C)N1C[C@@H]2COc3cc(C(F)(F)F)cnc3N2C[C@@H]1C. The van der Waals surface area contributed by atoms with Gasteiger partial charge in [0.2, 0.25) is 0 Å². The van der Waals surface area contributed by atoms with Crippen LogP contribution in [0.5, 0.6) is 5.75 Å². The number of piperazine rings is 1. The highest BCUT2D eigenvalue weighted by atomic mass is 19.4. The van der Waals surface area contributed by atoms with Crippen LogP contribution in [-0.2, 0) is 6.18 Å². The Labute approximate surface area is 127 Å². The first-order chi connectivity index (χ1) is 10.3. The van der Waals surface area contributed by atoms with Crippen molar-refractivity contribution in [3.05, 3.63) is 17.8 Å². The highest BCUT2D eigenvalue weighted by molar-refractivity contribution is 5.57. The standard InChI is InChI=1S/C15H20F3N3O/c1-9(2)20-7-12-8-22-13-4-11(15(16,17)18)5-19-14(13)21(12)6-10(20)3/h4-5,9-10,12H,6-8H2,1-3H3/t10-,12+/m0/s1. The van der Waals surface area contributed by atoms with Gasteiger partial charge in [-0.25, -0.2) is 4.98 Å². The number of hydrogen-bond donors (Lipinski definition) is 0. The Kier molecular flexibility index (Phi) is 3.71. The molecule has 0 saturated carbocycles. The Morgan fingerprint density at radius 1 is 1.32 bits per heavy atom. The zero-order valence-corrected chi connectivity index (χ0v) is 12.9. The van der Waals surface area contributed by atoms with Crippen molar-refractivity contribution in [2.45, 2.75) is 45.1 Å². The molecule has 22 heavy (non-hydrogen) atoms. The number of fused-ring (bicyclic) bond motifs is 3. The quantitative estimate of drug-likeness (QED) is 0.797. The number of alkyl halides is 3. The lowest BCUT2D eigenvalue weighted by molar-refractivity contribution is -0.138. The smallest absolute Gasteiger partial charge is 0.418 e. The van der Waals surface area contributed by atoms with Crippen LogP contribution in [0.1, 0.15) is 26.3 Å². The highest BCUT2D eigenvalue weighted by Gasteiger charge is 2.39. The van der Waals surface area contributed by atoms with E-state index in [2.05, 4.69) is 35.6 Å². The zero-order chi connectivity index (χ0) is 16.1. The molecule has 122 valence electrons. The minimum Gasteiger partial charge on any atom is -0.487 e. The second-order valence-electron chi connectivity index (χ2n) is 6.30. The maximum absolute atomic E-state index is 12.8. The number of rotatable bonds is 1. The van der Waals surface area contributed by atoms with Crippen molar-refractivity contribution in [2.24, 2.45) is 0 Å². The molecule has 4 nitrogen and oxygen atoms in total. The maximum atomic E-state index is 12.8. The first-order valence-corrected chi connectivity index (χ1v) is 7.50. The lowest BCUT2D eigenvalue weighted by atomic mass is 10.0. The van der Waals surface area contributed by atoms with Gasteiger partial charge in [-0.05, 0) is 26.8 Å². The normalized spacial score (nSPS) is 25.7. The number of halogens is 3. The molecule has 7 heteroatoms. The molecule has 0 spiro atoms. The van der Waals surface area contributed by atoms with Crippen LogP contribution in [0.25, 0.3) is 0 Å². The van der Waals surface area contributed by atoms with Crippen molar-refractivity contribution in [1.29, 1.82) is 0 Å². The van der Waals surface area contributed by atoms with E-state index in [-0.39, 0.29) is 11.8 Å². The fourth-order valence-electron chi connectivity index (χ4n) is 3.28. The van der Waals surface area contributed by atoms with Crippen molar-refractivity contribution >= 4 is 5.82 Å². The lowest BCUT2D eigenvalue weighted by Crippen LogP contribution is -2.62. The summed E-state index contributed by atoms with van der Waals surface area (Å²) in [5, 5.41) is 0. The lowest BCUT2D eigenvalue weighted by Gasteiger charge is -2.49. The van der Waals surface area contributed by atoms with Crippen molar-refractivity contribution in [3.8, 4) is 5.75 Å². The van der Waals surface area contributed by atoms with E-state index in [0.717, 1.165) is 25.4 Å². The van der Waals surface area contributed by atoms with Crippen LogP contribution in [0.3, 0.4) is 0 Å². The third-order valence-corrected chi connectivity index (χ3v) is 4.42. The Morgan fingerprint density at radius 2 is 2.05 bits per heavy atom. The van der Waals surface area contributed by atoms with E-state index < -0.39 is 11.7 Å². The van der Waals surface area contributed by atoms with Crippen molar-refractivity contribution in [2.75, 3.05) is 24.6 Å². The second kappa shape index (κ2) is 5.30. The van der Waals surface area contributed by atoms with Gasteiger partial charge in [0.15, 0.2) is 11.6 Å². The fourth-order valence-corrected chi connectivity index (χ4v) is 3.28. The summed E-state index contributed by atoms with van der Waals surface area (Å²) >= 11 is 0. The van der Waals surface area contributed by atoms with Gasteiger partial charge in [0, 0.05) is 31.4 Å². The second-order valence-corrected chi connectivity index (χ2v) is 6.30. The molecule has 0 aliphatic carbocycles. The third-order valence-electron chi connectivity index (χ3n) is 4.42. The van der Waals surface area contributed by atoms with Gasteiger partial charge in [-0.1, -0.05) is 0 Å². The fraction of sp³-hybridized carbons (Fsp3) is 0.667. The summed E-state index contributed by atoms with van der Waals surface area (Å²) in [5.74, 6) is 0.760. The summed E-state index contributed by atoms with van der Waals surface area (Å²) in [6, 6.07) is 1.94. The Bertz CT molecular complexity index is 561. The summed E-state index contributed by atoms with van der Waals surface area (Å²) < 4.78 is 43.9. The van der Waals surface area contributed by atoms with Crippen LogP contribution in [0.2, 0.25) is 0 Å².